The number of alkyl halides is 3. The second-order valence-electron chi connectivity index (χ2n) is 4.96. The Hall–Kier alpha value is -1.83. The van der Waals surface area contributed by atoms with Crippen LogP contribution in [-0.2, 0) is 15.3 Å². The lowest BCUT2D eigenvalue weighted by atomic mass is 10.1. The van der Waals surface area contributed by atoms with E-state index in [2.05, 4.69) is 0 Å². The molecule has 0 saturated carbocycles. The molecule has 10 heteroatoms. The molecule has 0 bridgehead atoms. The maximum absolute atomic E-state index is 13.0. The second-order valence-corrected chi connectivity index (χ2v) is 7.14. The van der Waals surface area contributed by atoms with E-state index in [-0.39, 0.29) is 23.3 Å². The minimum absolute atomic E-state index is 0.0459. The maximum atomic E-state index is 13.0. The number of rotatable bonds is 5. The molecular weight excluding hydrogens is 350 g/mol. The molecule has 1 aromatic heterocycles. The van der Waals surface area contributed by atoms with Gasteiger partial charge in [0, 0.05) is 17.5 Å². The van der Waals surface area contributed by atoms with Crippen molar-refractivity contribution in [1.29, 1.82) is 0 Å². The van der Waals surface area contributed by atoms with Gasteiger partial charge in [0.1, 0.15) is 11.3 Å². The molecule has 24 heavy (non-hydrogen) atoms. The predicted octanol–water partition coefficient (Wildman–Crippen LogP) is 3.90. The number of fused-ring (bicyclic) bond motifs is 1. The Bertz CT molecular complexity index is 846. The van der Waals surface area contributed by atoms with Crippen LogP contribution < -0.4 is 10.1 Å². The van der Waals surface area contributed by atoms with Gasteiger partial charge in [-0.25, -0.2) is 14.0 Å². The highest BCUT2D eigenvalue weighted by Crippen LogP contribution is 2.50. The molecule has 0 aliphatic heterocycles. The molecule has 1 heterocycles. The molecule has 0 N–H and O–H groups in total. The van der Waals surface area contributed by atoms with Crippen molar-refractivity contribution in [3.8, 4) is 5.75 Å². The third-order valence-electron chi connectivity index (χ3n) is 3.02. The van der Waals surface area contributed by atoms with Crippen LogP contribution in [0, 0.1) is 0 Å². The van der Waals surface area contributed by atoms with Gasteiger partial charge in [0.25, 0.3) is 0 Å². The number of halogens is 3. The summed E-state index contributed by atoms with van der Waals surface area (Å²) in [6.07, 6.45) is -4.71. The Morgan fingerprint density at radius 3 is 2.46 bits per heavy atom. The zero-order chi connectivity index (χ0) is 18.1. The van der Waals surface area contributed by atoms with Gasteiger partial charge in [0.15, 0.2) is 0 Å². The van der Waals surface area contributed by atoms with Crippen molar-refractivity contribution in [3.05, 3.63) is 40.2 Å². The summed E-state index contributed by atoms with van der Waals surface area (Å²) in [7, 11) is -0.713. The van der Waals surface area contributed by atoms with Crippen LogP contribution >= 0.6 is 7.75 Å². The van der Waals surface area contributed by atoms with E-state index in [1.807, 2.05) is 0 Å². The van der Waals surface area contributed by atoms with Gasteiger partial charge >= 0.3 is 19.5 Å². The fraction of sp³-hybridized carbons (Fsp3) is 0.357. The smallest absolute Gasteiger partial charge is 0.423 e. The SMILES string of the molecule is CCOP(=O)(Oc1ccc2c(C(F)(F)F)cc(=O)oc2c1)N(C)C. The topological polar surface area (TPSA) is 69.0 Å². The van der Waals surface area contributed by atoms with Gasteiger partial charge in [-0.3, -0.25) is 4.52 Å². The number of hydrogen-bond acceptors (Lipinski definition) is 5. The van der Waals surface area contributed by atoms with E-state index in [1.165, 1.54) is 24.8 Å². The Morgan fingerprint density at radius 1 is 1.25 bits per heavy atom. The zero-order valence-corrected chi connectivity index (χ0v) is 14.0. The largest absolute Gasteiger partial charge is 0.460 e. The van der Waals surface area contributed by atoms with Crippen LogP contribution in [0.25, 0.3) is 11.0 Å². The second kappa shape index (κ2) is 6.58. The van der Waals surface area contributed by atoms with Gasteiger partial charge in [0.2, 0.25) is 0 Å². The Labute approximate surface area is 135 Å². The molecule has 132 valence electrons. The van der Waals surface area contributed by atoms with E-state index in [0.29, 0.717) is 6.07 Å². The van der Waals surface area contributed by atoms with Gasteiger partial charge < -0.3 is 8.94 Å². The Morgan fingerprint density at radius 2 is 1.92 bits per heavy atom. The molecule has 0 saturated heterocycles. The van der Waals surface area contributed by atoms with Crippen molar-refractivity contribution in [2.24, 2.45) is 0 Å². The van der Waals surface area contributed by atoms with Crippen LogP contribution in [0.2, 0.25) is 0 Å². The van der Waals surface area contributed by atoms with Crippen molar-refractivity contribution in [1.82, 2.24) is 4.67 Å². The fourth-order valence-electron chi connectivity index (χ4n) is 1.95. The standard InChI is InChI=1S/C14H15F3NO5P/c1-4-21-24(20,18(2)3)23-9-5-6-10-11(14(15,16)17)8-13(19)22-12(10)7-9/h5-8H,4H2,1-3H3. The highest BCUT2D eigenvalue weighted by atomic mass is 31.2. The minimum Gasteiger partial charge on any atom is -0.423 e. The van der Waals surface area contributed by atoms with Crippen LogP contribution in [-0.4, -0.2) is 25.4 Å². The number of nitrogens with zero attached hydrogens (tertiary/aromatic N) is 1. The van der Waals surface area contributed by atoms with E-state index in [0.717, 1.165) is 12.1 Å². The fourth-order valence-corrected chi connectivity index (χ4v) is 3.11. The number of benzene rings is 1. The minimum atomic E-state index is -4.71. The highest BCUT2D eigenvalue weighted by Gasteiger charge is 2.34. The molecule has 0 aliphatic rings. The van der Waals surface area contributed by atoms with Crippen LogP contribution in [0.5, 0.6) is 5.75 Å². The Balaban J connectivity index is 2.53. The molecule has 0 fully saturated rings. The summed E-state index contributed by atoms with van der Waals surface area (Å²) in [5, 5.41) is -0.300. The van der Waals surface area contributed by atoms with Crippen LogP contribution in [0.15, 0.2) is 33.5 Å². The monoisotopic (exact) mass is 365 g/mol. The van der Waals surface area contributed by atoms with Crippen LogP contribution in [0.4, 0.5) is 13.2 Å². The third kappa shape index (κ3) is 3.80. The van der Waals surface area contributed by atoms with Crippen molar-refractivity contribution < 1.29 is 31.2 Å². The molecule has 0 amide bonds. The molecule has 1 unspecified atom stereocenters. The summed E-state index contributed by atoms with van der Waals surface area (Å²) in [4.78, 5) is 11.4. The first-order valence-electron chi connectivity index (χ1n) is 6.84. The highest BCUT2D eigenvalue weighted by molar-refractivity contribution is 7.51. The molecule has 2 aromatic rings. The summed E-state index contributed by atoms with van der Waals surface area (Å²) in [5.74, 6) is -0.0459. The summed E-state index contributed by atoms with van der Waals surface area (Å²) in [5.41, 5.74) is -2.58. The first kappa shape index (κ1) is 18.5. The normalized spacial score (nSPS) is 14.8. The van der Waals surface area contributed by atoms with Gasteiger partial charge in [-0.05, 0) is 33.2 Å². The third-order valence-corrected chi connectivity index (χ3v) is 5.03. The summed E-state index contributed by atoms with van der Waals surface area (Å²) < 4.78 is 67.9. The van der Waals surface area contributed by atoms with Gasteiger partial charge in [0.05, 0.1) is 12.2 Å². The van der Waals surface area contributed by atoms with E-state index < -0.39 is 25.1 Å². The zero-order valence-electron chi connectivity index (χ0n) is 13.1. The van der Waals surface area contributed by atoms with Crippen LogP contribution in [0.1, 0.15) is 12.5 Å². The van der Waals surface area contributed by atoms with E-state index in [9.17, 15) is 22.5 Å². The quantitative estimate of drug-likeness (QED) is 0.591. The predicted molar refractivity (Wildman–Crippen MR) is 81.0 cm³/mol. The summed E-state index contributed by atoms with van der Waals surface area (Å²) in [6, 6.07) is 3.74. The van der Waals surface area contributed by atoms with E-state index in [1.54, 1.807) is 6.92 Å². The van der Waals surface area contributed by atoms with E-state index in [4.69, 9.17) is 13.5 Å². The molecule has 0 spiro atoms. The van der Waals surface area contributed by atoms with Crippen molar-refractivity contribution in [3.63, 3.8) is 0 Å². The molecule has 0 radical (unpaired) electrons. The molecule has 1 atom stereocenters. The molecule has 1 aromatic carbocycles. The van der Waals surface area contributed by atoms with Gasteiger partial charge in [-0.2, -0.15) is 13.2 Å². The first-order valence-corrected chi connectivity index (χ1v) is 8.33. The first-order chi connectivity index (χ1) is 11.1. The lowest BCUT2D eigenvalue weighted by Crippen LogP contribution is -2.15. The molecular formula is C14H15F3NO5P. The lowest BCUT2D eigenvalue weighted by molar-refractivity contribution is -0.136. The molecule has 2 rings (SSSR count). The number of hydrogen-bond donors (Lipinski definition) is 0. The van der Waals surface area contributed by atoms with Gasteiger partial charge in [-0.1, -0.05) is 0 Å². The lowest BCUT2D eigenvalue weighted by Gasteiger charge is -2.23. The van der Waals surface area contributed by atoms with Crippen LogP contribution in [0.3, 0.4) is 0 Å². The maximum Gasteiger partial charge on any atom is 0.460 e. The molecule has 0 aliphatic carbocycles. The summed E-state index contributed by atoms with van der Waals surface area (Å²) in [6.45, 7) is 1.73. The summed E-state index contributed by atoms with van der Waals surface area (Å²) >= 11 is 0. The molecule has 6 nitrogen and oxygen atoms in total. The van der Waals surface area contributed by atoms with Crippen molar-refractivity contribution >= 4 is 18.7 Å². The Kier molecular flexibility index (Phi) is 5.08. The van der Waals surface area contributed by atoms with Crippen molar-refractivity contribution in [2.75, 3.05) is 20.7 Å². The van der Waals surface area contributed by atoms with E-state index >= 15 is 0 Å². The van der Waals surface area contributed by atoms with Gasteiger partial charge in [-0.15, -0.1) is 0 Å². The average Bonchev–Trinajstić information content (AvgIpc) is 2.45. The average molecular weight is 365 g/mol. The van der Waals surface area contributed by atoms with Crippen molar-refractivity contribution in [2.45, 2.75) is 13.1 Å².